The van der Waals surface area contributed by atoms with Crippen molar-refractivity contribution in [3.63, 3.8) is 0 Å². The molecule has 0 saturated carbocycles. The second kappa shape index (κ2) is 3.99. The molecule has 0 fully saturated rings. The number of amides is 1. The molecule has 1 aliphatic rings. The number of methoxy groups -OCH3 is 1. The zero-order valence-electron chi connectivity index (χ0n) is 7.37. The Kier molecular flexibility index (Phi) is 2.96. The lowest BCUT2D eigenvalue weighted by atomic mass is 10.4. The van der Waals surface area contributed by atoms with Crippen LogP contribution in [-0.4, -0.2) is 31.3 Å². The van der Waals surface area contributed by atoms with Crippen LogP contribution in [0.3, 0.4) is 0 Å². The van der Waals surface area contributed by atoms with Crippen molar-refractivity contribution >= 4 is 6.09 Å². The summed E-state index contributed by atoms with van der Waals surface area (Å²) < 4.78 is 9.79. The summed E-state index contributed by atoms with van der Waals surface area (Å²) in [5.41, 5.74) is 0. The molecule has 0 bridgehead atoms. The third kappa shape index (κ3) is 1.90. The van der Waals surface area contributed by atoms with E-state index in [0.29, 0.717) is 13.2 Å². The molecule has 4 heteroatoms. The van der Waals surface area contributed by atoms with Crippen molar-refractivity contribution in [2.75, 3.05) is 20.3 Å². The fourth-order valence-corrected chi connectivity index (χ4v) is 1.04. The summed E-state index contributed by atoms with van der Waals surface area (Å²) >= 11 is 0. The standard InChI is InChI=1S/C8H13NO3/c1-3-12-8(10)9-5-4-7(6-9)11-2/h6H,3-5H2,1-2H3. The summed E-state index contributed by atoms with van der Waals surface area (Å²) in [5.74, 6) is 0.822. The lowest BCUT2D eigenvalue weighted by Gasteiger charge is -2.10. The molecular formula is C8H13NO3. The molecule has 1 aliphatic heterocycles. The smallest absolute Gasteiger partial charge is 0.413 e. The van der Waals surface area contributed by atoms with Gasteiger partial charge in [-0.05, 0) is 6.92 Å². The molecule has 68 valence electrons. The monoisotopic (exact) mass is 171 g/mol. The highest BCUT2D eigenvalue weighted by Crippen LogP contribution is 2.14. The fourth-order valence-electron chi connectivity index (χ4n) is 1.04. The van der Waals surface area contributed by atoms with Crippen LogP contribution in [0.2, 0.25) is 0 Å². The van der Waals surface area contributed by atoms with Gasteiger partial charge in [0.2, 0.25) is 0 Å². The number of nitrogens with zero attached hydrogens (tertiary/aromatic N) is 1. The second-order valence-electron chi connectivity index (χ2n) is 2.44. The highest BCUT2D eigenvalue weighted by atomic mass is 16.6. The zero-order chi connectivity index (χ0) is 8.97. The molecule has 0 aliphatic carbocycles. The third-order valence-corrected chi connectivity index (χ3v) is 1.66. The number of hydrogen-bond donors (Lipinski definition) is 0. The molecule has 0 saturated heterocycles. The molecule has 1 heterocycles. The zero-order valence-corrected chi connectivity index (χ0v) is 7.37. The molecule has 12 heavy (non-hydrogen) atoms. The average Bonchev–Trinajstić information content (AvgIpc) is 2.52. The molecular weight excluding hydrogens is 158 g/mol. The molecule has 0 aromatic heterocycles. The molecule has 1 amide bonds. The summed E-state index contributed by atoms with van der Waals surface area (Å²) in [6, 6.07) is 0. The molecule has 0 aromatic rings. The van der Waals surface area contributed by atoms with Gasteiger partial charge in [0.05, 0.1) is 13.7 Å². The minimum absolute atomic E-state index is 0.301. The van der Waals surface area contributed by atoms with E-state index in [1.807, 2.05) is 0 Å². The summed E-state index contributed by atoms with van der Waals surface area (Å²) in [7, 11) is 1.60. The third-order valence-electron chi connectivity index (χ3n) is 1.66. The van der Waals surface area contributed by atoms with Crippen LogP contribution in [0.1, 0.15) is 13.3 Å². The van der Waals surface area contributed by atoms with Crippen LogP contribution < -0.4 is 0 Å². The highest BCUT2D eigenvalue weighted by Gasteiger charge is 2.19. The van der Waals surface area contributed by atoms with Gasteiger partial charge in [-0.3, -0.25) is 4.90 Å². The van der Waals surface area contributed by atoms with Crippen LogP contribution in [0.5, 0.6) is 0 Å². The number of carbonyl (C=O) groups is 1. The molecule has 0 unspecified atom stereocenters. The Morgan fingerprint density at radius 3 is 3.00 bits per heavy atom. The van der Waals surface area contributed by atoms with Crippen molar-refractivity contribution in [1.82, 2.24) is 4.90 Å². The van der Waals surface area contributed by atoms with E-state index in [0.717, 1.165) is 12.2 Å². The first-order chi connectivity index (χ1) is 5.77. The van der Waals surface area contributed by atoms with Gasteiger partial charge in [0.1, 0.15) is 5.76 Å². The highest BCUT2D eigenvalue weighted by molar-refractivity contribution is 5.69. The van der Waals surface area contributed by atoms with Crippen molar-refractivity contribution in [2.45, 2.75) is 13.3 Å². The number of rotatable bonds is 2. The summed E-state index contributed by atoms with van der Waals surface area (Å²) in [6.45, 7) is 2.85. The predicted octanol–water partition coefficient (Wildman–Crippen LogP) is 1.34. The minimum Gasteiger partial charge on any atom is -0.500 e. The van der Waals surface area contributed by atoms with Gasteiger partial charge in [-0.2, -0.15) is 0 Å². The first-order valence-corrected chi connectivity index (χ1v) is 3.96. The molecule has 0 N–H and O–H groups in total. The van der Waals surface area contributed by atoms with E-state index in [4.69, 9.17) is 9.47 Å². The van der Waals surface area contributed by atoms with Crippen molar-refractivity contribution in [1.29, 1.82) is 0 Å². The quantitative estimate of drug-likeness (QED) is 0.629. The van der Waals surface area contributed by atoms with Gasteiger partial charge in [-0.15, -0.1) is 0 Å². The Labute approximate surface area is 71.7 Å². The Morgan fingerprint density at radius 2 is 2.50 bits per heavy atom. The van der Waals surface area contributed by atoms with Crippen molar-refractivity contribution < 1.29 is 14.3 Å². The maximum atomic E-state index is 11.1. The van der Waals surface area contributed by atoms with E-state index in [2.05, 4.69) is 0 Å². The van der Waals surface area contributed by atoms with E-state index in [1.54, 1.807) is 20.2 Å². The largest absolute Gasteiger partial charge is 0.500 e. The van der Waals surface area contributed by atoms with Crippen molar-refractivity contribution in [2.24, 2.45) is 0 Å². The molecule has 0 radical (unpaired) electrons. The molecule has 0 aromatic carbocycles. The Morgan fingerprint density at radius 1 is 1.75 bits per heavy atom. The first kappa shape index (κ1) is 8.90. The van der Waals surface area contributed by atoms with Crippen LogP contribution in [0.25, 0.3) is 0 Å². The molecule has 0 atom stereocenters. The summed E-state index contributed by atoms with van der Waals surface area (Å²) in [4.78, 5) is 12.6. The minimum atomic E-state index is -0.301. The van der Waals surface area contributed by atoms with Gasteiger partial charge in [0.25, 0.3) is 0 Å². The first-order valence-electron chi connectivity index (χ1n) is 3.96. The van der Waals surface area contributed by atoms with E-state index in [9.17, 15) is 4.79 Å². The number of ether oxygens (including phenoxy) is 2. The summed E-state index contributed by atoms with van der Waals surface area (Å²) in [5, 5.41) is 0. The normalized spacial score (nSPS) is 15.8. The van der Waals surface area contributed by atoms with E-state index in [-0.39, 0.29) is 6.09 Å². The lowest BCUT2D eigenvalue weighted by Crippen LogP contribution is -2.24. The van der Waals surface area contributed by atoms with E-state index < -0.39 is 0 Å². The van der Waals surface area contributed by atoms with Crippen molar-refractivity contribution in [3.05, 3.63) is 12.0 Å². The lowest BCUT2D eigenvalue weighted by molar-refractivity contribution is 0.125. The molecule has 1 rings (SSSR count). The number of hydrogen-bond acceptors (Lipinski definition) is 3. The predicted molar refractivity (Wildman–Crippen MR) is 43.4 cm³/mol. The maximum Gasteiger partial charge on any atom is 0.413 e. The second-order valence-corrected chi connectivity index (χ2v) is 2.44. The van der Waals surface area contributed by atoms with Crippen LogP contribution in [0.15, 0.2) is 12.0 Å². The van der Waals surface area contributed by atoms with Gasteiger partial charge in [0.15, 0.2) is 0 Å². The SMILES string of the molecule is CCOC(=O)N1C=C(OC)CC1. The van der Waals surface area contributed by atoms with Crippen LogP contribution in [0, 0.1) is 0 Å². The van der Waals surface area contributed by atoms with Gasteiger partial charge in [0, 0.05) is 19.2 Å². The van der Waals surface area contributed by atoms with Crippen molar-refractivity contribution in [3.8, 4) is 0 Å². The average molecular weight is 171 g/mol. The van der Waals surface area contributed by atoms with Crippen LogP contribution >= 0.6 is 0 Å². The van der Waals surface area contributed by atoms with Gasteiger partial charge >= 0.3 is 6.09 Å². The molecule has 0 spiro atoms. The molecule has 4 nitrogen and oxygen atoms in total. The maximum absolute atomic E-state index is 11.1. The Hall–Kier alpha value is -1.19. The fraction of sp³-hybridized carbons (Fsp3) is 0.625. The van der Waals surface area contributed by atoms with E-state index in [1.165, 1.54) is 4.90 Å². The van der Waals surface area contributed by atoms with Gasteiger partial charge in [-0.1, -0.05) is 0 Å². The van der Waals surface area contributed by atoms with E-state index >= 15 is 0 Å². The number of carbonyl (C=O) groups excluding carboxylic acids is 1. The Bertz CT molecular complexity index is 200. The van der Waals surface area contributed by atoms with Gasteiger partial charge in [-0.25, -0.2) is 4.79 Å². The van der Waals surface area contributed by atoms with Crippen LogP contribution in [-0.2, 0) is 9.47 Å². The van der Waals surface area contributed by atoms with Crippen LogP contribution in [0.4, 0.5) is 4.79 Å². The topological polar surface area (TPSA) is 38.8 Å². The Balaban J connectivity index is 2.45. The van der Waals surface area contributed by atoms with Gasteiger partial charge < -0.3 is 9.47 Å². The summed E-state index contributed by atoms with van der Waals surface area (Å²) in [6.07, 6.45) is 2.15.